The molecular formula is C15H24N3O3S+. The molecule has 2 N–H and O–H groups in total. The molecule has 1 aliphatic heterocycles. The molecule has 0 aromatic heterocycles. The van der Waals surface area contributed by atoms with Gasteiger partial charge in [-0.15, -0.1) is 0 Å². The first-order valence-electron chi connectivity index (χ1n) is 7.58. The normalized spacial score (nSPS) is 17.5. The van der Waals surface area contributed by atoms with Gasteiger partial charge in [0.15, 0.2) is 0 Å². The Morgan fingerprint density at radius 3 is 2.50 bits per heavy atom. The lowest BCUT2D eigenvalue weighted by Gasteiger charge is -2.28. The SMILES string of the molecule is C[NH+](C)CCNC(=O)c1ccc(N2CCCCS2(=O)=O)cc1. The van der Waals surface area contributed by atoms with Crippen LogP contribution in [0, 0.1) is 0 Å². The van der Waals surface area contributed by atoms with Crippen LogP contribution in [0.3, 0.4) is 0 Å². The summed E-state index contributed by atoms with van der Waals surface area (Å²) in [6, 6.07) is 6.76. The van der Waals surface area contributed by atoms with Crippen LogP contribution in [0.5, 0.6) is 0 Å². The van der Waals surface area contributed by atoms with Gasteiger partial charge in [0.25, 0.3) is 5.91 Å². The van der Waals surface area contributed by atoms with Gasteiger partial charge in [0.1, 0.15) is 0 Å². The van der Waals surface area contributed by atoms with Crippen molar-refractivity contribution < 1.29 is 18.1 Å². The molecule has 122 valence electrons. The molecule has 0 aliphatic carbocycles. The topological polar surface area (TPSA) is 70.9 Å². The summed E-state index contributed by atoms with van der Waals surface area (Å²) in [6.45, 7) is 1.98. The third-order valence-corrected chi connectivity index (χ3v) is 5.55. The van der Waals surface area contributed by atoms with Crippen LogP contribution >= 0.6 is 0 Å². The Morgan fingerprint density at radius 2 is 1.91 bits per heavy atom. The number of amides is 1. The number of sulfonamides is 1. The summed E-state index contributed by atoms with van der Waals surface area (Å²) in [5, 5.41) is 2.85. The van der Waals surface area contributed by atoms with E-state index in [9.17, 15) is 13.2 Å². The Morgan fingerprint density at radius 1 is 1.23 bits per heavy atom. The lowest BCUT2D eigenvalue weighted by atomic mass is 10.2. The highest BCUT2D eigenvalue weighted by Gasteiger charge is 2.25. The molecule has 1 saturated heterocycles. The van der Waals surface area contributed by atoms with Crippen molar-refractivity contribution in [3.05, 3.63) is 29.8 Å². The van der Waals surface area contributed by atoms with Gasteiger partial charge in [0.2, 0.25) is 10.0 Å². The fourth-order valence-corrected chi connectivity index (χ4v) is 4.03. The largest absolute Gasteiger partial charge is 0.346 e. The molecule has 0 bridgehead atoms. The van der Waals surface area contributed by atoms with E-state index in [0.717, 1.165) is 13.0 Å². The average Bonchev–Trinajstić information content (AvgIpc) is 2.46. The number of likely N-dealkylation sites (N-methyl/N-ethyl adjacent to an activating group) is 1. The molecule has 1 aliphatic rings. The third-order valence-electron chi connectivity index (χ3n) is 3.68. The zero-order valence-corrected chi connectivity index (χ0v) is 13.9. The molecule has 0 saturated carbocycles. The predicted molar refractivity (Wildman–Crippen MR) is 86.8 cm³/mol. The van der Waals surface area contributed by atoms with Gasteiger partial charge in [-0.05, 0) is 37.1 Å². The van der Waals surface area contributed by atoms with Gasteiger partial charge in [-0.25, -0.2) is 8.42 Å². The van der Waals surface area contributed by atoms with Gasteiger partial charge in [0.05, 0.1) is 38.6 Å². The summed E-state index contributed by atoms with van der Waals surface area (Å²) in [6.07, 6.45) is 1.58. The Labute approximate surface area is 132 Å². The van der Waals surface area contributed by atoms with Crippen LogP contribution in [-0.2, 0) is 10.0 Å². The standard InChI is InChI=1S/C15H23N3O3S/c1-17(2)11-9-16-15(19)13-5-7-14(8-6-13)18-10-3-4-12-22(18,20)21/h5-8H,3-4,9-12H2,1-2H3,(H,16,19)/p+1. The van der Waals surface area contributed by atoms with Gasteiger partial charge in [0, 0.05) is 12.1 Å². The first-order chi connectivity index (χ1) is 10.4. The number of carbonyl (C=O) groups excluding carboxylic acids is 1. The van der Waals surface area contributed by atoms with Crippen molar-refractivity contribution in [3.8, 4) is 0 Å². The second kappa shape index (κ2) is 7.11. The van der Waals surface area contributed by atoms with Crippen LogP contribution in [0.2, 0.25) is 0 Å². The summed E-state index contributed by atoms with van der Waals surface area (Å²) in [4.78, 5) is 13.3. The van der Waals surface area contributed by atoms with E-state index in [-0.39, 0.29) is 11.7 Å². The van der Waals surface area contributed by atoms with Gasteiger partial charge in [-0.1, -0.05) is 0 Å². The highest BCUT2D eigenvalue weighted by atomic mass is 32.2. The molecule has 1 aromatic carbocycles. The summed E-state index contributed by atoms with van der Waals surface area (Å²) < 4.78 is 25.5. The smallest absolute Gasteiger partial charge is 0.251 e. The summed E-state index contributed by atoms with van der Waals surface area (Å²) in [5.41, 5.74) is 1.18. The second-order valence-electron chi connectivity index (χ2n) is 5.86. The van der Waals surface area contributed by atoms with E-state index >= 15 is 0 Å². The van der Waals surface area contributed by atoms with Crippen molar-refractivity contribution in [2.45, 2.75) is 12.8 Å². The number of quaternary nitrogens is 1. The highest BCUT2D eigenvalue weighted by Crippen LogP contribution is 2.23. The molecule has 0 unspecified atom stereocenters. The van der Waals surface area contributed by atoms with Gasteiger partial charge in [-0.3, -0.25) is 9.10 Å². The van der Waals surface area contributed by atoms with Gasteiger partial charge < -0.3 is 10.2 Å². The van der Waals surface area contributed by atoms with E-state index in [1.807, 2.05) is 14.1 Å². The van der Waals surface area contributed by atoms with Crippen LogP contribution in [-0.4, -0.2) is 53.8 Å². The van der Waals surface area contributed by atoms with Crippen molar-refractivity contribution in [1.29, 1.82) is 0 Å². The Hall–Kier alpha value is -1.60. The molecule has 1 aromatic rings. The van der Waals surface area contributed by atoms with Gasteiger partial charge in [-0.2, -0.15) is 0 Å². The molecule has 2 rings (SSSR count). The maximum absolute atomic E-state index is 12.1. The van der Waals surface area contributed by atoms with Crippen LogP contribution in [0.25, 0.3) is 0 Å². The molecule has 0 spiro atoms. The van der Waals surface area contributed by atoms with Crippen LogP contribution in [0.4, 0.5) is 5.69 Å². The molecule has 6 nitrogen and oxygen atoms in total. The number of rotatable bonds is 5. The number of hydrogen-bond acceptors (Lipinski definition) is 3. The van der Waals surface area contributed by atoms with E-state index in [0.29, 0.717) is 30.8 Å². The Balaban J connectivity index is 2.02. The molecule has 1 fully saturated rings. The minimum Gasteiger partial charge on any atom is -0.346 e. The summed E-state index contributed by atoms with van der Waals surface area (Å²) >= 11 is 0. The first-order valence-corrected chi connectivity index (χ1v) is 9.19. The molecule has 0 radical (unpaired) electrons. The maximum atomic E-state index is 12.1. The van der Waals surface area contributed by atoms with Gasteiger partial charge >= 0.3 is 0 Å². The zero-order chi connectivity index (χ0) is 16.2. The van der Waals surface area contributed by atoms with Crippen LogP contribution < -0.4 is 14.5 Å². The number of nitrogens with zero attached hydrogens (tertiary/aromatic N) is 1. The number of nitrogens with one attached hydrogen (secondary N) is 2. The molecule has 1 heterocycles. The number of carbonyl (C=O) groups is 1. The Kier molecular flexibility index (Phi) is 5.42. The molecule has 0 atom stereocenters. The van der Waals surface area contributed by atoms with Crippen molar-refractivity contribution >= 4 is 21.6 Å². The summed E-state index contributed by atoms with van der Waals surface area (Å²) in [5.74, 6) is 0.0663. The van der Waals surface area contributed by atoms with E-state index < -0.39 is 10.0 Å². The van der Waals surface area contributed by atoms with Crippen molar-refractivity contribution in [3.63, 3.8) is 0 Å². The summed E-state index contributed by atoms with van der Waals surface area (Å²) in [7, 11) is 0.852. The van der Waals surface area contributed by atoms with Crippen molar-refractivity contribution in [2.75, 3.05) is 43.8 Å². The Bertz CT molecular complexity index is 611. The number of benzene rings is 1. The molecular weight excluding hydrogens is 302 g/mol. The lowest BCUT2D eigenvalue weighted by molar-refractivity contribution is -0.856. The maximum Gasteiger partial charge on any atom is 0.251 e. The monoisotopic (exact) mass is 326 g/mol. The minimum atomic E-state index is -3.20. The predicted octanol–water partition coefficient (Wildman–Crippen LogP) is -0.509. The zero-order valence-electron chi connectivity index (χ0n) is 13.1. The van der Waals surface area contributed by atoms with E-state index in [4.69, 9.17) is 0 Å². The second-order valence-corrected chi connectivity index (χ2v) is 7.87. The van der Waals surface area contributed by atoms with E-state index in [2.05, 4.69) is 5.32 Å². The van der Waals surface area contributed by atoms with Crippen molar-refractivity contribution in [2.24, 2.45) is 0 Å². The fraction of sp³-hybridized carbons (Fsp3) is 0.533. The fourth-order valence-electron chi connectivity index (χ4n) is 2.39. The first kappa shape index (κ1) is 16.8. The third kappa shape index (κ3) is 4.20. The molecule has 1 amide bonds. The highest BCUT2D eigenvalue weighted by molar-refractivity contribution is 7.92. The number of hydrogen-bond donors (Lipinski definition) is 2. The molecule has 22 heavy (non-hydrogen) atoms. The molecule has 7 heteroatoms. The quantitative estimate of drug-likeness (QED) is 0.766. The number of anilines is 1. The van der Waals surface area contributed by atoms with E-state index in [1.165, 1.54) is 9.21 Å². The van der Waals surface area contributed by atoms with Crippen LogP contribution in [0.15, 0.2) is 24.3 Å². The van der Waals surface area contributed by atoms with Crippen molar-refractivity contribution in [1.82, 2.24) is 5.32 Å². The minimum absolute atomic E-state index is 0.130. The van der Waals surface area contributed by atoms with Crippen LogP contribution in [0.1, 0.15) is 23.2 Å². The average molecular weight is 326 g/mol. The lowest BCUT2D eigenvalue weighted by Crippen LogP contribution is -3.06. The van der Waals surface area contributed by atoms with E-state index in [1.54, 1.807) is 24.3 Å².